The van der Waals surface area contributed by atoms with Crippen molar-refractivity contribution in [2.45, 2.75) is 96.3 Å². The topological polar surface area (TPSA) is 62.7 Å². The quantitative estimate of drug-likeness (QED) is 0.314. The van der Waals surface area contributed by atoms with Gasteiger partial charge in [0, 0.05) is 36.3 Å². The lowest BCUT2D eigenvalue weighted by molar-refractivity contribution is -0.136. The van der Waals surface area contributed by atoms with E-state index in [1.807, 2.05) is 18.5 Å². The molecule has 0 bridgehead atoms. The monoisotopic (exact) mass is 504 g/mol. The maximum Gasteiger partial charge on any atom is 0.303 e. The Hall–Kier alpha value is -2.50. The van der Waals surface area contributed by atoms with E-state index in [0.29, 0.717) is 25.0 Å². The van der Waals surface area contributed by atoms with Gasteiger partial charge < -0.3 is 14.7 Å². The highest BCUT2D eigenvalue weighted by atomic mass is 16.5. The van der Waals surface area contributed by atoms with Crippen LogP contribution in [0.15, 0.2) is 54.9 Å². The molecule has 1 aliphatic heterocycles. The number of aliphatic carboxylic acids is 1. The number of aryl methyl sites for hydroxylation is 1. The van der Waals surface area contributed by atoms with E-state index in [4.69, 9.17) is 9.84 Å². The Morgan fingerprint density at radius 3 is 2.59 bits per heavy atom. The van der Waals surface area contributed by atoms with Crippen LogP contribution in [0.2, 0.25) is 0 Å². The van der Waals surface area contributed by atoms with E-state index in [-0.39, 0.29) is 12.5 Å². The van der Waals surface area contributed by atoms with Crippen LogP contribution in [0.5, 0.6) is 0 Å². The van der Waals surface area contributed by atoms with E-state index in [0.717, 1.165) is 25.7 Å². The summed E-state index contributed by atoms with van der Waals surface area (Å²) in [6, 6.07) is 11.5. The number of pyridine rings is 1. The molecular formula is C32H44N2O3. The Bertz CT molecular complexity index is 995. The van der Waals surface area contributed by atoms with Crippen molar-refractivity contribution in [3.8, 4) is 11.1 Å². The minimum Gasteiger partial charge on any atom is -0.481 e. The lowest BCUT2D eigenvalue weighted by Crippen LogP contribution is -2.40. The zero-order valence-electron chi connectivity index (χ0n) is 22.5. The summed E-state index contributed by atoms with van der Waals surface area (Å²) in [6.07, 6.45) is 19.9. The molecule has 3 atom stereocenters. The Morgan fingerprint density at radius 2 is 1.86 bits per heavy atom. The van der Waals surface area contributed by atoms with Gasteiger partial charge in [0.1, 0.15) is 0 Å². The third kappa shape index (κ3) is 7.99. The van der Waals surface area contributed by atoms with Gasteiger partial charge in [0.2, 0.25) is 0 Å². The molecule has 1 N–H and O–H groups in total. The molecule has 1 aromatic heterocycles. The molecule has 3 unspecified atom stereocenters. The summed E-state index contributed by atoms with van der Waals surface area (Å²) in [7, 11) is 0. The summed E-state index contributed by atoms with van der Waals surface area (Å²) in [6.45, 7) is 5.24. The van der Waals surface area contributed by atoms with E-state index in [9.17, 15) is 4.79 Å². The number of allylic oxidation sites excluding steroid dienone is 2. The molecule has 2 heterocycles. The number of carbonyl (C=O) groups is 1. The van der Waals surface area contributed by atoms with Crippen molar-refractivity contribution in [1.29, 1.82) is 0 Å². The summed E-state index contributed by atoms with van der Waals surface area (Å²) in [5, 5.41) is 8.94. The largest absolute Gasteiger partial charge is 0.481 e. The van der Waals surface area contributed by atoms with Crippen molar-refractivity contribution in [3.05, 3.63) is 66.0 Å². The van der Waals surface area contributed by atoms with Crippen molar-refractivity contribution in [2.24, 2.45) is 5.92 Å². The third-order valence-corrected chi connectivity index (χ3v) is 8.09. The van der Waals surface area contributed by atoms with Crippen LogP contribution >= 0.6 is 0 Å². The number of benzene rings is 1. The van der Waals surface area contributed by atoms with Crippen LogP contribution in [-0.4, -0.2) is 46.2 Å². The summed E-state index contributed by atoms with van der Waals surface area (Å²) < 4.78 is 6.59. The van der Waals surface area contributed by atoms with Crippen LogP contribution in [0.4, 0.5) is 0 Å². The van der Waals surface area contributed by atoms with Gasteiger partial charge in [-0.1, -0.05) is 62.6 Å². The van der Waals surface area contributed by atoms with Gasteiger partial charge in [-0.2, -0.15) is 0 Å². The van der Waals surface area contributed by atoms with Crippen molar-refractivity contribution < 1.29 is 14.6 Å². The van der Waals surface area contributed by atoms with E-state index < -0.39 is 5.97 Å². The van der Waals surface area contributed by atoms with E-state index in [1.54, 1.807) is 0 Å². The fourth-order valence-electron chi connectivity index (χ4n) is 6.14. The van der Waals surface area contributed by atoms with Gasteiger partial charge in [-0.15, -0.1) is 0 Å². The number of aromatic nitrogens is 1. The standard InChI is InChI=1S/C32H44N2O3/c1-2-10-26-19-20-33-23-29(26)27-15-13-25(14-16-27)24-37-31-18-17-30(34-21-8-3-4-9-22-34)28(31)11-6-5-7-12-32(35)36/h5-6,13-16,19-20,23,28,30-31H,2-4,7-12,17-18,21-22,24H2,1H3,(H,35,36)/b6-5+. The lowest BCUT2D eigenvalue weighted by atomic mass is 9.95. The molecule has 0 amide bonds. The SMILES string of the molecule is CCCc1ccncc1-c1ccc(COC2CCC(N3CCCCCC3)C2C/C=C/CCC(=O)O)cc1. The molecule has 2 fully saturated rings. The highest BCUT2D eigenvalue weighted by Gasteiger charge is 2.39. The van der Waals surface area contributed by atoms with Gasteiger partial charge in [-0.05, 0) is 80.8 Å². The maximum absolute atomic E-state index is 10.9. The average Bonchev–Trinajstić information content (AvgIpc) is 3.11. The normalized spacial score (nSPS) is 22.9. The van der Waals surface area contributed by atoms with Gasteiger partial charge in [-0.3, -0.25) is 9.78 Å². The first-order valence-electron chi connectivity index (χ1n) is 14.4. The minimum atomic E-state index is -0.731. The number of likely N-dealkylation sites (tertiary alicyclic amines) is 1. The van der Waals surface area contributed by atoms with Crippen LogP contribution in [-0.2, 0) is 22.6 Å². The molecule has 1 saturated carbocycles. The molecule has 5 nitrogen and oxygen atoms in total. The zero-order valence-corrected chi connectivity index (χ0v) is 22.5. The van der Waals surface area contributed by atoms with Crippen LogP contribution in [0.1, 0.15) is 82.3 Å². The number of rotatable bonds is 12. The van der Waals surface area contributed by atoms with E-state index in [2.05, 4.69) is 53.2 Å². The molecule has 1 aliphatic carbocycles. The first kappa shape index (κ1) is 27.5. The van der Waals surface area contributed by atoms with Crippen LogP contribution in [0, 0.1) is 5.92 Å². The Kier molecular flexibility index (Phi) is 10.7. The highest BCUT2D eigenvalue weighted by Crippen LogP contribution is 2.37. The molecule has 37 heavy (non-hydrogen) atoms. The second kappa shape index (κ2) is 14.4. The van der Waals surface area contributed by atoms with Crippen molar-refractivity contribution in [2.75, 3.05) is 13.1 Å². The Labute approximate surface area is 222 Å². The molecule has 5 heteroatoms. The summed E-state index contributed by atoms with van der Waals surface area (Å²) >= 11 is 0. The summed E-state index contributed by atoms with van der Waals surface area (Å²) in [4.78, 5) is 17.9. The number of hydrogen-bond acceptors (Lipinski definition) is 4. The number of ether oxygens (including phenoxy) is 1. The molecule has 200 valence electrons. The molecule has 2 aromatic rings. The summed E-state index contributed by atoms with van der Waals surface area (Å²) in [5.74, 6) is -0.268. The van der Waals surface area contributed by atoms with Gasteiger partial charge in [0.15, 0.2) is 0 Å². The molecule has 0 spiro atoms. The Balaban J connectivity index is 1.39. The van der Waals surface area contributed by atoms with Crippen LogP contribution in [0.25, 0.3) is 11.1 Å². The molecule has 2 aliphatic rings. The predicted molar refractivity (Wildman–Crippen MR) is 149 cm³/mol. The average molecular weight is 505 g/mol. The smallest absolute Gasteiger partial charge is 0.303 e. The first-order valence-corrected chi connectivity index (χ1v) is 14.4. The minimum absolute atomic E-state index is 0.200. The highest BCUT2D eigenvalue weighted by molar-refractivity contribution is 5.67. The predicted octanol–water partition coefficient (Wildman–Crippen LogP) is 7.05. The van der Waals surface area contributed by atoms with Crippen molar-refractivity contribution >= 4 is 5.97 Å². The van der Waals surface area contributed by atoms with Gasteiger partial charge in [-0.25, -0.2) is 0 Å². The Morgan fingerprint density at radius 1 is 1.08 bits per heavy atom. The van der Waals surface area contributed by atoms with E-state index in [1.165, 1.54) is 67.4 Å². The molecular weight excluding hydrogens is 460 g/mol. The fourth-order valence-corrected chi connectivity index (χ4v) is 6.14. The van der Waals surface area contributed by atoms with Gasteiger partial charge >= 0.3 is 5.97 Å². The third-order valence-electron chi connectivity index (χ3n) is 8.09. The lowest BCUT2D eigenvalue weighted by Gasteiger charge is -2.33. The first-order chi connectivity index (χ1) is 18.2. The number of hydrogen-bond donors (Lipinski definition) is 1. The second-order valence-corrected chi connectivity index (χ2v) is 10.7. The number of carboxylic acids is 1. The zero-order chi connectivity index (χ0) is 25.9. The number of carboxylic acid groups (broad SMARTS) is 1. The molecule has 0 radical (unpaired) electrons. The van der Waals surface area contributed by atoms with Gasteiger partial charge in [0.25, 0.3) is 0 Å². The molecule has 1 saturated heterocycles. The van der Waals surface area contributed by atoms with Crippen LogP contribution in [0.3, 0.4) is 0 Å². The fraction of sp³-hybridized carbons (Fsp3) is 0.562. The molecule has 1 aromatic carbocycles. The summed E-state index contributed by atoms with van der Waals surface area (Å²) in [5.41, 5.74) is 5.00. The van der Waals surface area contributed by atoms with E-state index >= 15 is 0 Å². The number of nitrogens with zero attached hydrogens (tertiary/aromatic N) is 2. The molecule has 4 rings (SSSR count). The maximum atomic E-state index is 10.9. The second-order valence-electron chi connectivity index (χ2n) is 10.7. The van der Waals surface area contributed by atoms with Gasteiger partial charge in [0.05, 0.1) is 12.7 Å². The van der Waals surface area contributed by atoms with Crippen molar-refractivity contribution in [1.82, 2.24) is 9.88 Å². The van der Waals surface area contributed by atoms with Crippen LogP contribution < -0.4 is 0 Å². The van der Waals surface area contributed by atoms with Crippen molar-refractivity contribution in [3.63, 3.8) is 0 Å².